The van der Waals surface area contributed by atoms with Crippen molar-refractivity contribution in [1.82, 2.24) is 4.57 Å². The first-order chi connectivity index (χ1) is 21.4. The van der Waals surface area contributed by atoms with Crippen LogP contribution in [0.1, 0.15) is 37.3 Å². The molecule has 1 fully saturated rings. The number of rotatable bonds is 7. The fourth-order valence-electron chi connectivity index (χ4n) is 4.91. The quantitative estimate of drug-likeness (QED) is 0.174. The van der Waals surface area contributed by atoms with Gasteiger partial charge >= 0.3 is 23.7 Å². The number of hydrogen-bond donors (Lipinski definition) is 0. The first-order valence-electron chi connectivity index (χ1n) is 13.6. The molecule has 2 heterocycles. The first kappa shape index (κ1) is 28.9. The van der Waals surface area contributed by atoms with Crippen LogP contribution in [0.4, 0.5) is 0 Å². The third-order valence-corrected chi connectivity index (χ3v) is 7.24. The molecule has 0 bridgehead atoms. The molecule has 44 heavy (non-hydrogen) atoms. The van der Waals surface area contributed by atoms with Crippen LogP contribution in [-0.4, -0.2) is 47.4 Å². The van der Waals surface area contributed by atoms with Crippen LogP contribution in [0.5, 0.6) is 0 Å². The highest BCUT2D eigenvalue weighted by Crippen LogP contribution is 2.34. The van der Waals surface area contributed by atoms with Crippen LogP contribution in [0.15, 0.2) is 118 Å². The zero-order chi connectivity index (χ0) is 30.6. The maximum atomic E-state index is 13.4. The molecule has 11 heteroatoms. The molecule has 4 atom stereocenters. The number of hydrogen-bond acceptors (Lipinski definition) is 9. The van der Waals surface area contributed by atoms with Crippen LogP contribution in [0.25, 0.3) is 11.1 Å². The smallest absolute Gasteiger partial charge is 0.422 e. The highest BCUT2D eigenvalue weighted by molar-refractivity contribution is 6.31. The molecule has 1 aliphatic heterocycles. The number of carbonyl (C=O) groups excluding carboxylic acids is 3. The second kappa shape index (κ2) is 12.6. The minimum absolute atomic E-state index is 0.190. The molecule has 0 spiro atoms. The van der Waals surface area contributed by atoms with E-state index in [-0.39, 0.29) is 34.4 Å². The van der Waals surface area contributed by atoms with Gasteiger partial charge in [-0.2, -0.15) is 0 Å². The molecule has 0 radical (unpaired) electrons. The standard InChI is InChI=1S/C33H24ClNO9/c34-23-16-17-25-24(18-23)35(33(39)42-25)29-28(44-32(38)22-14-8-3-9-15-22)27(43-31(37)21-12-6-2-7-13-21)26(19-40-29)41-30(36)20-10-4-1-5-11-20/h1-18,26-29H,19H2/t26-,27+,28+,29+/m0/s1. The molecule has 0 N–H and O–H groups in total. The molecule has 4 aromatic carbocycles. The highest BCUT2D eigenvalue weighted by atomic mass is 35.5. The summed E-state index contributed by atoms with van der Waals surface area (Å²) in [5.41, 5.74) is 1.09. The predicted molar refractivity (Wildman–Crippen MR) is 157 cm³/mol. The van der Waals surface area contributed by atoms with Crippen molar-refractivity contribution in [3.05, 3.63) is 141 Å². The topological polar surface area (TPSA) is 123 Å². The molecule has 1 aliphatic rings. The molecule has 0 aliphatic carbocycles. The zero-order valence-corrected chi connectivity index (χ0v) is 23.7. The zero-order valence-electron chi connectivity index (χ0n) is 22.9. The summed E-state index contributed by atoms with van der Waals surface area (Å²) in [6.07, 6.45) is -5.51. The number of aromatic nitrogens is 1. The number of benzene rings is 4. The number of esters is 3. The summed E-state index contributed by atoms with van der Waals surface area (Å²) in [7, 11) is 0. The molecule has 6 rings (SSSR count). The average molecular weight is 614 g/mol. The number of oxazole rings is 1. The van der Waals surface area contributed by atoms with Gasteiger partial charge in [0.05, 0.1) is 28.8 Å². The Labute approximate surface area is 255 Å². The fourth-order valence-corrected chi connectivity index (χ4v) is 5.07. The van der Waals surface area contributed by atoms with Gasteiger partial charge in [0.25, 0.3) is 0 Å². The van der Waals surface area contributed by atoms with Gasteiger partial charge in [-0.05, 0) is 54.6 Å². The SMILES string of the molecule is O=C(O[C@@H]1[C@H](OC(=O)c2ccccc2)[C@@H](OC(=O)c2ccccc2)CO[C@H]1n1c(=O)oc2ccc(Cl)cc21)c1ccccc1. The third kappa shape index (κ3) is 5.98. The van der Waals surface area contributed by atoms with Gasteiger partial charge in [0, 0.05) is 5.02 Å². The number of ether oxygens (including phenoxy) is 4. The lowest BCUT2D eigenvalue weighted by Gasteiger charge is -2.40. The van der Waals surface area contributed by atoms with Crippen molar-refractivity contribution in [3.63, 3.8) is 0 Å². The molecule has 222 valence electrons. The van der Waals surface area contributed by atoms with Crippen LogP contribution in [-0.2, 0) is 18.9 Å². The molecule has 1 aromatic heterocycles. The Hall–Kier alpha value is -5.19. The summed E-state index contributed by atoms with van der Waals surface area (Å²) >= 11 is 6.23. The Balaban J connectivity index is 1.44. The Morgan fingerprint density at radius 1 is 0.682 bits per heavy atom. The van der Waals surface area contributed by atoms with Crippen molar-refractivity contribution < 1.29 is 37.7 Å². The number of halogens is 1. The predicted octanol–water partition coefficient (Wildman–Crippen LogP) is 5.45. The summed E-state index contributed by atoms with van der Waals surface area (Å²) in [6.45, 7) is -0.324. The minimum atomic E-state index is -1.49. The monoisotopic (exact) mass is 613 g/mol. The lowest BCUT2D eigenvalue weighted by molar-refractivity contribution is -0.212. The molecule has 0 saturated carbocycles. The van der Waals surface area contributed by atoms with Crippen molar-refractivity contribution in [2.75, 3.05) is 6.61 Å². The van der Waals surface area contributed by atoms with Gasteiger partial charge in [-0.1, -0.05) is 66.2 Å². The molecular weight excluding hydrogens is 590 g/mol. The van der Waals surface area contributed by atoms with E-state index in [9.17, 15) is 19.2 Å². The maximum Gasteiger partial charge on any atom is 0.422 e. The molecule has 10 nitrogen and oxygen atoms in total. The normalized spacial score (nSPS) is 19.7. The van der Waals surface area contributed by atoms with E-state index in [2.05, 4.69) is 0 Å². The Morgan fingerprint density at radius 2 is 1.18 bits per heavy atom. The van der Waals surface area contributed by atoms with E-state index < -0.39 is 48.2 Å². The lowest BCUT2D eigenvalue weighted by atomic mass is 10.0. The van der Waals surface area contributed by atoms with Gasteiger partial charge in [-0.25, -0.2) is 23.7 Å². The molecule has 1 saturated heterocycles. The van der Waals surface area contributed by atoms with E-state index in [0.29, 0.717) is 5.02 Å². The van der Waals surface area contributed by atoms with Gasteiger partial charge in [-0.15, -0.1) is 0 Å². The summed E-state index contributed by atoms with van der Waals surface area (Å²) in [5.74, 6) is -3.12. The van der Waals surface area contributed by atoms with E-state index in [0.717, 1.165) is 4.57 Å². The van der Waals surface area contributed by atoms with Gasteiger partial charge in [-0.3, -0.25) is 0 Å². The van der Waals surface area contributed by atoms with Crippen LogP contribution in [0.2, 0.25) is 5.02 Å². The number of carbonyl (C=O) groups is 3. The summed E-state index contributed by atoms with van der Waals surface area (Å²) in [4.78, 5) is 53.1. The summed E-state index contributed by atoms with van der Waals surface area (Å²) in [5, 5.41) is 0.308. The number of nitrogens with zero attached hydrogens (tertiary/aromatic N) is 1. The Bertz CT molecular complexity index is 1850. The second-order valence-electron chi connectivity index (χ2n) is 9.86. The van der Waals surface area contributed by atoms with Gasteiger partial charge < -0.3 is 23.4 Å². The molecule has 0 unspecified atom stereocenters. The van der Waals surface area contributed by atoms with E-state index in [1.54, 1.807) is 84.9 Å². The minimum Gasteiger partial charge on any atom is -0.452 e. The Morgan fingerprint density at radius 3 is 1.73 bits per heavy atom. The van der Waals surface area contributed by atoms with Gasteiger partial charge in [0.15, 0.2) is 30.1 Å². The van der Waals surface area contributed by atoms with E-state index >= 15 is 0 Å². The van der Waals surface area contributed by atoms with E-state index in [1.807, 2.05) is 0 Å². The molecule has 5 aromatic rings. The molecule has 0 amide bonds. The summed E-state index contributed by atoms with van der Waals surface area (Å²) in [6, 6.07) is 29.0. The lowest BCUT2D eigenvalue weighted by Crippen LogP contribution is -2.56. The van der Waals surface area contributed by atoms with Crippen molar-refractivity contribution >= 4 is 40.6 Å². The van der Waals surface area contributed by atoms with Gasteiger partial charge in [0.2, 0.25) is 0 Å². The largest absolute Gasteiger partial charge is 0.452 e. The van der Waals surface area contributed by atoms with Crippen molar-refractivity contribution in [2.45, 2.75) is 24.5 Å². The van der Waals surface area contributed by atoms with E-state index in [4.69, 9.17) is 35.0 Å². The van der Waals surface area contributed by atoms with Crippen molar-refractivity contribution in [3.8, 4) is 0 Å². The first-order valence-corrected chi connectivity index (χ1v) is 14.0. The Kier molecular flexibility index (Phi) is 8.27. The van der Waals surface area contributed by atoms with Crippen LogP contribution < -0.4 is 5.76 Å². The van der Waals surface area contributed by atoms with Crippen LogP contribution in [0, 0.1) is 0 Å². The molecular formula is C33H24ClNO9. The summed E-state index contributed by atoms with van der Waals surface area (Å²) < 4.78 is 30.3. The number of fused-ring (bicyclic) bond motifs is 1. The average Bonchev–Trinajstić information content (AvgIpc) is 3.38. The van der Waals surface area contributed by atoms with E-state index in [1.165, 1.54) is 24.3 Å². The fraction of sp³-hybridized carbons (Fsp3) is 0.152. The van der Waals surface area contributed by atoms with Crippen molar-refractivity contribution in [2.24, 2.45) is 0 Å². The van der Waals surface area contributed by atoms with Crippen LogP contribution >= 0.6 is 11.6 Å². The van der Waals surface area contributed by atoms with Crippen LogP contribution in [0.3, 0.4) is 0 Å². The second-order valence-corrected chi connectivity index (χ2v) is 10.3. The highest BCUT2D eigenvalue weighted by Gasteiger charge is 2.49. The van der Waals surface area contributed by atoms with Crippen molar-refractivity contribution in [1.29, 1.82) is 0 Å². The maximum absolute atomic E-state index is 13.4. The third-order valence-electron chi connectivity index (χ3n) is 7.00. The van der Waals surface area contributed by atoms with Gasteiger partial charge in [0.1, 0.15) is 0 Å².